The monoisotopic (exact) mass is 769 g/mol. The maximum absolute atomic E-state index is 12.9. The van der Waals surface area contributed by atoms with Crippen LogP contribution < -0.4 is 74.7 Å². The van der Waals surface area contributed by atoms with Crippen LogP contribution in [-0.4, -0.2) is 33.1 Å². The van der Waals surface area contributed by atoms with Crippen LogP contribution in [0.5, 0.6) is 11.5 Å². The summed E-state index contributed by atoms with van der Waals surface area (Å²) in [5, 5.41) is 39.1. The van der Waals surface area contributed by atoms with Gasteiger partial charge in [0.1, 0.15) is 20.8 Å². The summed E-state index contributed by atoms with van der Waals surface area (Å²) in [5.74, 6) is -0.141. The van der Waals surface area contributed by atoms with Crippen LogP contribution in [0.3, 0.4) is 0 Å². The number of nitrogens with two attached hydrogens (primary N) is 1. The fourth-order valence-electron chi connectivity index (χ4n) is 5.12. The van der Waals surface area contributed by atoms with Crippen molar-refractivity contribution < 1.29 is 94.9 Å². The maximum Gasteiger partial charge on any atom is 1.00 e. The number of hydrogen-bond donors (Lipinski definition) is 2. The number of aryl methyl sites for hydroxylation is 1. The molecule has 0 amide bonds. The first kappa shape index (κ1) is 41.6. The third-order valence-corrected chi connectivity index (χ3v) is 9.41. The molecule has 0 aliphatic carbocycles. The molecule has 0 saturated carbocycles. The molecule has 6 aromatic carbocycles. The average molecular weight is 770 g/mol. The number of anilines is 1. The molecule has 0 radical (unpaired) electrons. The van der Waals surface area contributed by atoms with Crippen molar-refractivity contribution in [3.63, 3.8) is 0 Å². The topological polar surface area (TPSA) is 244 Å². The number of ether oxygens (including phenoxy) is 1. The van der Waals surface area contributed by atoms with E-state index in [4.69, 9.17) is 10.5 Å². The van der Waals surface area contributed by atoms with Crippen LogP contribution in [0, 0.1) is 6.92 Å². The molecule has 0 aliphatic heterocycles. The molecule has 0 fully saturated rings. The number of methoxy groups -OCH3 is 1. The van der Waals surface area contributed by atoms with Crippen LogP contribution in [-0.2, 0) is 20.2 Å². The fraction of sp³-hybridized carbons (Fsp3) is 0.0588. The minimum absolute atomic E-state index is 0. The summed E-state index contributed by atoms with van der Waals surface area (Å²) in [6.07, 6.45) is 0. The second-order valence-electron chi connectivity index (χ2n) is 11.0. The summed E-state index contributed by atoms with van der Waals surface area (Å²) in [6, 6.07) is 23.3. The Balaban J connectivity index is 0.00000314. The minimum atomic E-state index is -4.79. The van der Waals surface area contributed by atoms with E-state index in [2.05, 4.69) is 30.7 Å². The summed E-state index contributed by atoms with van der Waals surface area (Å²) < 4.78 is 73.7. The van der Waals surface area contributed by atoms with Gasteiger partial charge in [-0.25, -0.2) is 8.42 Å². The van der Waals surface area contributed by atoms with Crippen molar-refractivity contribution in [2.45, 2.75) is 16.7 Å². The molecular weight excluding hydrogens is 745 g/mol. The number of nitrogens with zero attached hydrogens (tertiary/aromatic N) is 6. The largest absolute Gasteiger partial charge is 1.00 e. The van der Waals surface area contributed by atoms with E-state index in [1.165, 1.54) is 55.6 Å². The van der Waals surface area contributed by atoms with Gasteiger partial charge in [-0.2, -0.15) is 28.9 Å². The van der Waals surface area contributed by atoms with Crippen molar-refractivity contribution in [1.29, 1.82) is 0 Å². The zero-order valence-corrected chi connectivity index (χ0v) is 34.3. The second kappa shape index (κ2) is 16.9. The fourth-order valence-corrected chi connectivity index (χ4v) is 6.32. The van der Waals surface area contributed by atoms with Crippen LogP contribution in [0.15, 0.2) is 138 Å². The summed E-state index contributed by atoms with van der Waals surface area (Å²) in [6.45, 7) is 1.81. The first-order valence-electron chi connectivity index (χ1n) is 14.8. The Morgan fingerprint density at radius 2 is 1.19 bits per heavy atom. The average Bonchev–Trinajstić information content (AvgIpc) is 3.09. The molecule has 0 atom stereocenters. The molecular formula is C34H25N7Na2O8S2. The van der Waals surface area contributed by atoms with E-state index in [0.717, 1.165) is 5.56 Å². The van der Waals surface area contributed by atoms with Crippen LogP contribution >= 0.6 is 0 Å². The van der Waals surface area contributed by atoms with Crippen molar-refractivity contribution in [3.05, 3.63) is 103 Å². The van der Waals surface area contributed by atoms with E-state index in [1.807, 2.05) is 6.92 Å². The van der Waals surface area contributed by atoms with Gasteiger partial charge >= 0.3 is 59.1 Å². The number of benzene rings is 6. The van der Waals surface area contributed by atoms with E-state index in [9.17, 15) is 31.0 Å². The summed E-state index contributed by atoms with van der Waals surface area (Å²) >= 11 is 0. The standard InChI is InChI=1S/C34H27N7O8S2.2Na/c1-19-16-27(35)32(49-2)18-31(19)41-39-28-14-15-29(26-17-22(50(43,44)45)10-11-23(26)28)38-36-20-6-8-21(9-7-20)37-40-30-13-12-24-25(34(30)42)4-3-5-33(24)51(46,47)48;;/h3-18,42H,35H2,1-2H3,(H,43,44,45)(H,46,47,48);;/q;2*+1/p-2. The molecule has 0 aliphatic rings. The van der Waals surface area contributed by atoms with Crippen molar-refractivity contribution in [2.75, 3.05) is 12.8 Å². The SMILES string of the molecule is COc1cc(N=Nc2ccc(N=Nc3ccc(N=Nc4ccc5c(S(=O)(=O)O)cccc5c4[O-])cc3)c3cc(S(=O)(=O)[O-])ccc23)c(C)cc1N.[Na+].[Na+]. The maximum atomic E-state index is 12.9. The number of azo groups is 3. The number of hydrogen-bond acceptors (Lipinski definition) is 14. The van der Waals surface area contributed by atoms with Gasteiger partial charge in [-0.3, -0.25) is 4.55 Å². The van der Waals surface area contributed by atoms with Gasteiger partial charge in [0.15, 0.2) is 0 Å². The Kier molecular flexibility index (Phi) is 13.3. The third-order valence-electron chi connectivity index (χ3n) is 7.67. The quantitative estimate of drug-likeness (QED) is 0.0948. The summed E-state index contributed by atoms with van der Waals surface area (Å²) in [5.41, 5.74) is 8.98. The summed E-state index contributed by atoms with van der Waals surface area (Å²) in [7, 11) is -7.85. The van der Waals surface area contributed by atoms with E-state index < -0.39 is 30.9 Å². The Labute approximate surface area is 347 Å². The van der Waals surface area contributed by atoms with E-state index >= 15 is 0 Å². The van der Waals surface area contributed by atoms with Gasteiger partial charge in [0, 0.05) is 22.2 Å². The zero-order valence-electron chi connectivity index (χ0n) is 28.6. The smallest absolute Gasteiger partial charge is 0.871 e. The van der Waals surface area contributed by atoms with Gasteiger partial charge in [-0.1, -0.05) is 30.0 Å². The van der Waals surface area contributed by atoms with Crippen LogP contribution in [0.1, 0.15) is 5.56 Å². The first-order chi connectivity index (χ1) is 24.2. The Bertz CT molecular complexity index is 2680. The van der Waals surface area contributed by atoms with Crippen LogP contribution in [0.2, 0.25) is 0 Å². The molecule has 0 bridgehead atoms. The number of fused-ring (bicyclic) bond motifs is 2. The number of rotatable bonds is 9. The van der Waals surface area contributed by atoms with Gasteiger partial charge < -0.3 is 20.1 Å². The van der Waals surface area contributed by atoms with Gasteiger partial charge in [-0.05, 0) is 84.6 Å². The molecule has 0 aromatic heterocycles. The molecule has 0 spiro atoms. The predicted octanol–water partition coefficient (Wildman–Crippen LogP) is 2.37. The van der Waals surface area contributed by atoms with Crippen molar-refractivity contribution in [3.8, 4) is 11.5 Å². The molecule has 6 rings (SSSR count). The van der Waals surface area contributed by atoms with Crippen LogP contribution in [0.4, 0.5) is 39.8 Å². The number of nitrogen functional groups attached to an aromatic ring is 1. The van der Waals surface area contributed by atoms with Gasteiger partial charge in [0.05, 0.1) is 51.8 Å². The second-order valence-corrected chi connectivity index (χ2v) is 13.8. The Hall–Kier alpha value is -4.14. The van der Waals surface area contributed by atoms with Gasteiger partial charge in [-0.15, -0.1) is 10.2 Å². The molecule has 258 valence electrons. The van der Waals surface area contributed by atoms with Crippen molar-refractivity contribution in [1.82, 2.24) is 0 Å². The Morgan fingerprint density at radius 3 is 1.79 bits per heavy atom. The Morgan fingerprint density at radius 1 is 0.642 bits per heavy atom. The van der Waals surface area contributed by atoms with Gasteiger partial charge in [0.2, 0.25) is 0 Å². The van der Waals surface area contributed by atoms with Crippen molar-refractivity contribution in [2.24, 2.45) is 30.7 Å². The van der Waals surface area contributed by atoms with Crippen molar-refractivity contribution >= 4 is 81.6 Å². The van der Waals surface area contributed by atoms with Gasteiger partial charge in [0.25, 0.3) is 10.1 Å². The molecule has 6 aromatic rings. The molecule has 19 heteroatoms. The molecule has 15 nitrogen and oxygen atoms in total. The molecule has 0 saturated heterocycles. The van der Waals surface area contributed by atoms with E-state index in [0.29, 0.717) is 39.6 Å². The predicted molar refractivity (Wildman–Crippen MR) is 186 cm³/mol. The summed E-state index contributed by atoms with van der Waals surface area (Å²) in [4.78, 5) is -0.845. The van der Waals surface area contributed by atoms with Crippen LogP contribution in [0.25, 0.3) is 21.5 Å². The van der Waals surface area contributed by atoms with E-state index in [-0.39, 0.29) is 91.5 Å². The molecule has 0 unspecified atom stereocenters. The third kappa shape index (κ3) is 9.33. The molecule has 3 N–H and O–H groups in total. The minimum Gasteiger partial charge on any atom is -0.871 e. The molecule has 53 heavy (non-hydrogen) atoms. The first-order valence-corrected chi connectivity index (χ1v) is 17.6. The van der Waals surface area contributed by atoms with E-state index in [1.54, 1.807) is 48.5 Å². The zero-order chi connectivity index (χ0) is 36.5. The normalized spacial score (nSPS) is 12.1. The molecule has 0 heterocycles.